The third-order valence-electron chi connectivity index (χ3n) is 6.49. The predicted molar refractivity (Wildman–Crippen MR) is 121 cm³/mol. The maximum Gasteiger partial charge on any atom is 0.326 e. The molecule has 192 valence electrons. The van der Waals surface area contributed by atoms with E-state index in [1.54, 1.807) is 6.92 Å². The SMILES string of the molecule is CCS(=O)(=O)N[C@@H]1CN2C(=O)N(c3noc4cc(C)nc(-c5c(F)cccc5F)c34)CC[C@@H]2C1(F)F. The third kappa shape index (κ3) is 3.79. The number of alkyl halides is 2. The highest BCUT2D eigenvalue weighted by atomic mass is 32.2. The quantitative estimate of drug-likeness (QED) is 0.510. The molecule has 14 heteroatoms. The van der Waals surface area contributed by atoms with Crippen LogP contribution in [0.15, 0.2) is 28.8 Å². The first kappa shape index (κ1) is 24.4. The average Bonchev–Trinajstić information content (AvgIpc) is 3.33. The van der Waals surface area contributed by atoms with Gasteiger partial charge in [-0.2, -0.15) is 0 Å². The van der Waals surface area contributed by atoms with Gasteiger partial charge >= 0.3 is 6.03 Å². The number of hydrogen-bond donors (Lipinski definition) is 1. The number of sulfonamides is 1. The lowest BCUT2D eigenvalue weighted by atomic mass is 10.0. The number of benzene rings is 1. The number of halogens is 4. The van der Waals surface area contributed by atoms with Gasteiger partial charge in [0.25, 0.3) is 5.92 Å². The van der Waals surface area contributed by atoms with Crippen molar-refractivity contribution in [2.45, 2.75) is 38.3 Å². The van der Waals surface area contributed by atoms with Crippen molar-refractivity contribution in [1.82, 2.24) is 19.8 Å². The molecule has 0 radical (unpaired) electrons. The van der Waals surface area contributed by atoms with Gasteiger partial charge in [0.1, 0.15) is 23.7 Å². The first-order chi connectivity index (χ1) is 16.9. The normalized spacial score (nSPS) is 21.9. The van der Waals surface area contributed by atoms with Crippen molar-refractivity contribution in [2.75, 3.05) is 23.7 Å². The Morgan fingerprint density at radius 2 is 1.94 bits per heavy atom. The summed E-state index contributed by atoms with van der Waals surface area (Å²) in [5, 5.41) is 3.96. The highest BCUT2D eigenvalue weighted by molar-refractivity contribution is 7.89. The minimum Gasteiger partial charge on any atom is -0.354 e. The second kappa shape index (κ2) is 8.40. The van der Waals surface area contributed by atoms with Crippen LogP contribution in [0.2, 0.25) is 0 Å². The molecule has 5 rings (SSSR count). The number of aromatic nitrogens is 2. The van der Waals surface area contributed by atoms with Crippen LogP contribution in [-0.4, -0.2) is 66.3 Å². The summed E-state index contributed by atoms with van der Waals surface area (Å²) in [5.41, 5.74) is -0.115. The highest BCUT2D eigenvalue weighted by Crippen LogP contribution is 2.43. The Labute approximate surface area is 203 Å². The van der Waals surface area contributed by atoms with Crippen molar-refractivity contribution < 1.29 is 35.3 Å². The molecule has 0 unspecified atom stereocenters. The lowest BCUT2D eigenvalue weighted by molar-refractivity contribution is -0.0448. The summed E-state index contributed by atoms with van der Waals surface area (Å²) in [4.78, 5) is 19.6. The summed E-state index contributed by atoms with van der Waals surface area (Å²) in [6, 6.07) is 0.598. The number of nitrogens with zero attached hydrogens (tertiary/aromatic N) is 4. The van der Waals surface area contributed by atoms with Crippen LogP contribution in [0.25, 0.3) is 22.2 Å². The number of carbonyl (C=O) groups is 1. The fraction of sp³-hybridized carbons (Fsp3) is 0.409. The molecule has 2 fully saturated rings. The highest BCUT2D eigenvalue weighted by Gasteiger charge is 2.60. The van der Waals surface area contributed by atoms with Crippen molar-refractivity contribution in [3.05, 3.63) is 41.6 Å². The predicted octanol–water partition coefficient (Wildman–Crippen LogP) is 3.43. The molecule has 2 amide bonds. The van der Waals surface area contributed by atoms with Crippen molar-refractivity contribution in [3.63, 3.8) is 0 Å². The molecule has 1 aromatic carbocycles. The summed E-state index contributed by atoms with van der Waals surface area (Å²) in [5.74, 6) is -5.80. The Morgan fingerprint density at radius 3 is 2.61 bits per heavy atom. The first-order valence-corrected chi connectivity index (χ1v) is 12.8. The van der Waals surface area contributed by atoms with E-state index in [0.717, 1.165) is 21.9 Å². The number of pyridine rings is 1. The van der Waals surface area contributed by atoms with Crippen LogP contribution < -0.4 is 9.62 Å². The van der Waals surface area contributed by atoms with Gasteiger partial charge in [0.2, 0.25) is 10.0 Å². The summed E-state index contributed by atoms with van der Waals surface area (Å²) < 4.78 is 90.6. The number of rotatable bonds is 5. The zero-order chi connectivity index (χ0) is 26.0. The number of anilines is 1. The molecule has 36 heavy (non-hydrogen) atoms. The second-order valence-electron chi connectivity index (χ2n) is 8.73. The van der Waals surface area contributed by atoms with Crippen LogP contribution in [0.3, 0.4) is 0 Å². The van der Waals surface area contributed by atoms with E-state index in [4.69, 9.17) is 4.52 Å². The smallest absolute Gasteiger partial charge is 0.326 e. The van der Waals surface area contributed by atoms with E-state index in [1.165, 1.54) is 19.1 Å². The molecule has 0 saturated carbocycles. The standard InChI is InChI=1S/C22H21F4N5O4S/c1-3-36(33,34)29-15-10-31-16(22(15,25)26)7-8-30(21(31)32)20-18-14(35-28-20)9-11(2)27-19(18)17-12(23)5-4-6-13(17)24/h4-6,9,15-16,29H,3,7-8,10H2,1-2H3/t15-,16-/m1/s1. The maximum atomic E-state index is 15.1. The van der Waals surface area contributed by atoms with Crippen molar-refractivity contribution in [3.8, 4) is 11.3 Å². The molecule has 2 saturated heterocycles. The van der Waals surface area contributed by atoms with Gasteiger partial charge in [-0.3, -0.25) is 9.88 Å². The largest absolute Gasteiger partial charge is 0.354 e. The molecule has 0 spiro atoms. The van der Waals surface area contributed by atoms with Crippen LogP contribution in [0.5, 0.6) is 0 Å². The van der Waals surface area contributed by atoms with Crippen molar-refractivity contribution >= 4 is 32.8 Å². The molecule has 0 bridgehead atoms. The van der Waals surface area contributed by atoms with Gasteiger partial charge < -0.3 is 9.42 Å². The van der Waals surface area contributed by atoms with E-state index in [0.29, 0.717) is 5.69 Å². The topological polar surface area (TPSA) is 109 Å². The van der Waals surface area contributed by atoms with Crippen LogP contribution in [0, 0.1) is 18.6 Å². The molecule has 2 atom stereocenters. The summed E-state index contributed by atoms with van der Waals surface area (Å²) >= 11 is 0. The zero-order valence-electron chi connectivity index (χ0n) is 19.1. The average molecular weight is 528 g/mol. The summed E-state index contributed by atoms with van der Waals surface area (Å²) in [6.45, 7) is 2.13. The molecular weight excluding hydrogens is 506 g/mol. The molecule has 2 aromatic heterocycles. The van der Waals surface area contributed by atoms with Gasteiger partial charge in [-0.15, -0.1) is 0 Å². The Kier molecular flexibility index (Phi) is 5.70. The first-order valence-electron chi connectivity index (χ1n) is 11.1. The Hall–Kier alpha value is -3.26. The fourth-order valence-electron chi connectivity index (χ4n) is 4.72. The maximum absolute atomic E-state index is 15.1. The molecule has 3 aromatic rings. The van der Waals surface area contributed by atoms with Crippen LogP contribution in [0.4, 0.5) is 28.2 Å². The lowest BCUT2D eigenvalue weighted by Crippen LogP contribution is -2.56. The molecular formula is C22H21F4N5O4S. The van der Waals surface area contributed by atoms with E-state index in [2.05, 4.69) is 10.1 Å². The number of amides is 2. The monoisotopic (exact) mass is 527 g/mol. The third-order valence-corrected chi connectivity index (χ3v) is 7.89. The Morgan fingerprint density at radius 1 is 1.25 bits per heavy atom. The van der Waals surface area contributed by atoms with Gasteiger partial charge in [-0.25, -0.2) is 35.5 Å². The van der Waals surface area contributed by atoms with Crippen LogP contribution in [-0.2, 0) is 10.0 Å². The Balaban J connectivity index is 1.57. The summed E-state index contributed by atoms with van der Waals surface area (Å²) in [7, 11) is -3.96. The molecule has 4 heterocycles. The van der Waals surface area contributed by atoms with Crippen molar-refractivity contribution in [2.24, 2.45) is 0 Å². The molecule has 1 N–H and O–H groups in total. The van der Waals surface area contributed by atoms with Gasteiger partial charge in [-0.05, 0) is 32.4 Å². The van der Waals surface area contributed by atoms with Crippen LogP contribution >= 0.6 is 0 Å². The van der Waals surface area contributed by atoms with Crippen LogP contribution in [0.1, 0.15) is 19.0 Å². The number of hydrogen-bond acceptors (Lipinski definition) is 6. The minimum absolute atomic E-state index is 0.0468. The number of fused-ring (bicyclic) bond motifs is 2. The number of carbonyl (C=O) groups excluding carboxylic acids is 1. The molecule has 2 aliphatic rings. The van der Waals surface area contributed by atoms with E-state index < -0.39 is 63.6 Å². The lowest BCUT2D eigenvalue weighted by Gasteiger charge is -2.37. The van der Waals surface area contributed by atoms with E-state index in [-0.39, 0.29) is 35.4 Å². The molecule has 2 aliphatic heterocycles. The van der Waals surface area contributed by atoms with Gasteiger partial charge in [0, 0.05) is 24.8 Å². The van der Waals surface area contributed by atoms with Gasteiger partial charge in [0.15, 0.2) is 11.4 Å². The van der Waals surface area contributed by atoms with Gasteiger partial charge in [-0.1, -0.05) is 11.2 Å². The number of aryl methyl sites for hydroxylation is 1. The molecule has 0 aliphatic carbocycles. The minimum atomic E-state index is -3.96. The fourth-order valence-corrected chi connectivity index (χ4v) is 5.55. The van der Waals surface area contributed by atoms with Gasteiger partial charge in [0.05, 0.1) is 22.4 Å². The molecule has 9 nitrogen and oxygen atoms in total. The van der Waals surface area contributed by atoms with E-state index >= 15 is 8.78 Å². The summed E-state index contributed by atoms with van der Waals surface area (Å²) in [6.07, 6.45) is -0.208. The zero-order valence-corrected chi connectivity index (χ0v) is 20.0. The number of urea groups is 1. The van der Waals surface area contributed by atoms with Crippen molar-refractivity contribution in [1.29, 1.82) is 0 Å². The second-order valence-corrected chi connectivity index (χ2v) is 10.8. The Bertz CT molecular complexity index is 1460. The number of nitrogens with one attached hydrogen (secondary N) is 1. The van der Waals surface area contributed by atoms with E-state index in [9.17, 15) is 22.0 Å². The van der Waals surface area contributed by atoms with E-state index in [1.807, 2.05) is 4.72 Å².